The Labute approximate surface area is 171 Å². The summed E-state index contributed by atoms with van der Waals surface area (Å²) in [4.78, 5) is 27.3. The molecule has 1 fully saturated rings. The Balaban J connectivity index is 1.63. The van der Waals surface area contributed by atoms with Crippen LogP contribution in [-0.2, 0) is 0 Å². The Kier molecular flexibility index (Phi) is 6.42. The molecule has 0 saturated heterocycles. The molecule has 29 heavy (non-hydrogen) atoms. The minimum atomic E-state index is -0.177. The van der Waals surface area contributed by atoms with Crippen molar-refractivity contribution in [3.8, 4) is 11.5 Å². The van der Waals surface area contributed by atoms with E-state index in [1.807, 2.05) is 36.9 Å². The molecule has 1 aliphatic rings. The van der Waals surface area contributed by atoms with Gasteiger partial charge in [0.1, 0.15) is 11.5 Å². The summed E-state index contributed by atoms with van der Waals surface area (Å²) in [5, 5.41) is 2.91. The van der Waals surface area contributed by atoms with Gasteiger partial charge in [-0.3, -0.25) is 9.59 Å². The van der Waals surface area contributed by atoms with Crippen LogP contribution in [0.3, 0.4) is 0 Å². The predicted molar refractivity (Wildman–Crippen MR) is 112 cm³/mol. The number of nitrogens with one attached hydrogen (secondary N) is 1. The number of hydrogen-bond donors (Lipinski definition) is 1. The van der Waals surface area contributed by atoms with E-state index < -0.39 is 0 Å². The van der Waals surface area contributed by atoms with Crippen LogP contribution in [0.15, 0.2) is 36.4 Å². The first kappa shape index (κ1) is 20.7. The molecule has 6 nitrogen and oxygen atoms in total. The Morgan fingerprint density at radius 3 is 2.07 bits per heavy atom. The van der Waals surface area contributed by atoms with Crippen LogP contribution in [-0.4, -0.2) is 50.1 Å². The third kappa shape index (κ3) is 4.88. The highest BCUT2D eigenvalue weighted by Crippen LogP contribution is 2.29. The van der Waals surface area contributed by atoms with Gasteiger partial charge in [-0.2, -0.15) is 0 Å². The summed E-state index contributed by atoms with van der Waals surface area (Å²) in [6, 6.07) is 11.1. The van der Waals surface area contributed by atoms with Gasteiger partial charge in [0.25, 0.3) is 11.8 Å². The van der Waals surface area contributed by atoms with Crippen LogP contribution in [0.5, 0.6) is 11.5 Å². The van der Waals surface area contributed by atoms with Gasteiger partial charge < -0.3 is 19.7 Å². The van der Waals surface area contributed by atoms with Crippen LogP contribution in [0.4, 0.5) is 0 Å². The van der Waals surface area contributed by atoms with E-state index in [0.717, 1.165) is 24.0 Å². The van der Waals surface area contributed by atoms with Crippen molar-refractivity contribution in [3.63, 3.8) is 0 Å². The first-order chi connectivity index (χ1) is 13.9. The van der Waals surface area contributed by atoms with E-state index in [9.17, 15) is 9.59 Å². The zero-order chi connectivity index (χ0) is 21.0. The molecule has 1 N–H and O–H groups in total. The van der Waals surface area contributed by atoms with Crippen LogP contribution >= 0.6 is 0 Å². The molecular formula is C23H28N2O4. The van der Waals surface area contributed by atoms with Crippen molar-refractivity contribution < 1.29 is 19.1 Å². The van der Waals surface area contributed by atoms with Gasteiger partial charge in [-0.05, 0) is 62.1 Å². The van der Waals surface area contributed by atoms with E-state index in [0.29, 0.717) is 35.7 Å². The molecule has 3 rings (SSSR count). The van der Waals surface area contributed by atoms with Crippen LogP contribution in [0.1, 0.15) is 44.7 Å². The second kappa shape index (κ2) is 8.99. The van der Waals surface area contributed by atoms with Gasteiger partial charge in [-0.15, -0.1) is 0 Å². The molecule has 0 aromatic heterocycles. The maximum absolute atomic E-state index is 13.0. The number of nitrogens with zero attached hydrogens (tertiary/aromatic N) is 1. The van der Waals surface area contributed by atoms with Crippen LogP contribution < -0.4 is 14.8 Å². The van der Waals surface area contributed by atoms with Crippen molar-refractivity contribution in [3.05, 3.63) is 58.7 Å². The molecule has 154 valence electrons. The fraction of sp³-hybridized carbons (Fsp3) is 0.391. The van der Waals surface area contributed by atoms with E-state index in [1.165, 1.54) is 0 Å². The van der Waals surface area contributed by atoms with Crippen molar-refractivity contribution in [1.29, 1.82) is 0 Å². The highest BCUT2D eigenvalue weighted by atomic mass is 16.5. The minimum Gasteiger partial charge on any atom is -0.496 e. The SMILES string of the molecule is COc1cc(C(=O)NCCN(C(=O)c2ccc(C)c(OC)c2)C2CC2)ccc1C. The second-order valence-electron chi connectivity index (χ2n) is 7.35. The van der Waals surface area contributed by atoms with Gasteiger partial charge in [0, 0.05) is 30.3 Å². The van der Waals surface area contributed by atoms with E-state index in [1.54, 1.807) is 32.4 Å². The normalized spacial score (nSPS) is 13.0. The van der Waals surface area contributed by atoms with Gasteiger partial charge in [0.15, 0.2) is 0 Å². The third-order valence-corrected chi connectivity index (χ3v) is 5.21. The predicted octanol–water partition coefficient (Wildman–Crippen LogP) is 3.36. The molecular weight excluding hydrogens is 368 g/mol. The summed E-state index contributed by atoms with van der Waals surface area (Å²) >= 11 is 0. The van der Waals surface area contributed by atoms with Gasteiger partial charge in [0.05, 0.1) is 14.2 Å². The number of hydrogen-bond acceptors (Lipinski definition) is 4. The van der Waals surface area contributed by atoms with Crippen LogP contribution in [0.2, 0.25) is 0 Å². The summed E-state index contributed by atoms with van der Waals surface area (Å²) < 4.78 is 10.6. The Hall–Kier alpha value is -3.02. The van der Waals surface area contributed by atoms with Gasteiger partial charge in [-0.1, -0.05) is 12.1 Å². The molecule has 0 bridgehead atoms. The lowest BCUT2D eigenvalue weighted by Gasteiger charge is -2.23. The molecule has 2 aromatic rings. The molecule has 0 atom stereocenters. The zero-order valence-electron chi connectivity index (χ0n) is 17.5. The topological polar surface area (TPSA) is 67.9 Å². The monoisotopic (exact) mass is 396 g/mol. The number of ether oxygens (including phenoxy) is 2. The molecule has 1 saturated carbocycles. The smallest absolute Gasteiger partial charge is 0.254 e. The zero-order valence-corrected chi connectivity index (χ0v) is 17.5. The molecule has 0 heterocycles. The maximum Gasteiger partial charge on any atom is 0.254 e. The lowest BCUT2D eigenvalue weighted by molar-refractivity contribution is 0.0736. The molecule has 2 amide bonds. The Morgan fingerprint density at radius 2 is 1.52 bits per heavy atom. The maximum atomic E-state index is 13.0. The summed E-state index contributed by atoms with van der Waals surface area (Å²) in [5.74, 6) is 1.18. The van der Waals surface area contributed by atoms with E-state index >= 15 is 0 Å². The van der Waals surface area contributed by atoms with Crippen LogP contribution in [0.25, 0.3) is 0 Å². The number of carbonyl (C=O) groups excluding carboxylic acids is 2. The average molecular weight is 396 g/mol. The molecule has 0 unspecified atom stereocenters. The van der Waals surface area contributed by atoms with Gasteiger partial charge >= 0.3 is 0 Å². The number of carbonyl (C=O) groups is 2. The van der Waals surface area contributed by atoms with E-state index in [-0.39, 0.29) is 17.9 Å². The number of amides is 2. The molecule has 0 spiro atoms. The van der Waals surface area contributed by atoms with Crippen molar-refractivity contribution in [2.24, 2.45) is 0 Å². The first-order valence-corrected chi connectivity index (χ1v) is 9.83. The number of aryl methyl sites for hydroxylation is 2. The number of rotatable bonds is 8. The van der Waals surface area contributed by atoms with Crippen molar-refractivity contribution in [2.45, 2.75) is 32.7 Å². The van der Waals surface area contributed by atoms with Gasteiger partial charge in [0.2, 0.25) is 0 Å². The Bertz CT molecular complexity index is 906. The summed E-state index contributed by atoms with van der Waals surface area (Å²) in [5.41, 5.74) is 3.11. The van der Waals surface area contributed by atoms with Crippen LogP contribution in [0, 0.1) is 13.8 Å². The van der Waals surface area contributed by atoms with Crippen molar-refractivity contribution in [2.75, 3.05) is 27.3 Å². The fourth-order valence-corrected chi connectivity index (χ4v) is 3.31. The molecule has 0 aliphatic heterocycles. The average Bonchev–Trinajstić information content (AvgIpc) is 3.56. The van der Waals surface area contributed by atoms with Gasteiger partial charge in [-0.25, -0.2) is 0 Å². The van der Waals surface area contributed by atoms with E-state index in [4.69, 9.17) is 9.47 Å². The highest BCUT2D eigenvalue weighted by molar-refractivity contribution is 5.96. The quantitative estimate of drug-likeness (QED) is 0.743. The number of methoxy groups -OCH3 is 2. The summed E-state index contributed by atoms with van der Waals surface area (Å²) in [7, 11) is 3.19. The third-order valence-electron chi connectivity index (χ3n) is 5.21. The lowest BCUT2D eigenvalue weighted by atomic mass is 10.1. The summed E-state index contributed by atoms with van der Waals surface area (Å²) in [6.07, 6.45) is 2.00. The first-order valence-electron chi connectivity index (χ1n) is 9.83. The fourth-order valence-electron chi connectivity index (χ4n) is 3.31. The second-order valence-corrected chi connectivity index (χ2v) is 7.35. The minimum absolute atomic E-state index is 0.0305. The molecule has 1 aliphatic carbocycles. The Morgan fingerprint density at radius 1 is 0.966 bits per heavy atom. The molecule has 6 heteroatoms. The standard InChI is InChI=1S/C23H28N2O4/c1-15-5-7-17(13-20(15)28-3)22(26)24-11-12-25(19-9-10-19)23(27)18-8-6-16(2)21(14-18)29-4/h5-8,13-14,19H,9-12H2,1-4H3,(H,24,26). The van der Waals surface area contributed by atoms with Crippen molar-refractivity contribution in [1.82, 2.24) is 10.2 Å². The largest absolute Gasteiger partial charge is 0.496 e. The number of benzene rings is 2. The lowest BCUT2D eigenvalue weighted by Crippen LogP contribution is -2.40. The molecule has 2 aromatic carbocycles. The highest BCUT2D eigenvalue weighted by Gasteiger charge is 2.33. The summed E-state index contributed by atoms with van der Waals surface area (Å²) in [6.45, 7) is 4.73. The van der Waals surface area contributed by atoms with Crippen molar-refractivity contribution >= 4 is 11.8 Å². The van der Waals surface area contributed by atoms with E-state index in [2.05, 4.69) is 5.32 Å². The molecule has 0 radical (unpaired) electrons.